The molecule has 0 aliphatic rings. The van der Waals surface area contributed by atoms with Gasteiger partial charge in [0.15, 0.2) is 6.61 Å². The van der Waals surface area contributed by atoms with E-state index in [1.54, 1.807) is 18.2 Å². The van der Waals surface area contributed by atoms with Crippen LogP contribution in [0.3, 0.4) is 0 Å². The molecule has 1 amide bonds. The normalized spacial score (nSPS) is 11.4. The van der Waals surface area contributed by atoms with Crippen LogP contribution in [0.4, 0.5) is 4.39 Å². The summed E-state index contributed by atoms with van der Waals surface area (Å²) in [5.41, 5.74) is 0.780. The van der Waals surface area contributed by atoms with Gasteiger partial charge in [0.1, 0.15) is 11.6 Å². The lowest BCUT2D eigenvalue weighted by Crippen LogP contribution is -2.34. The summed E-state index contributed by atoms with van der Waals surface area (Å²) >= 11 is 0. The monoisotopic (exact) mass is 331 g/mol. The minimum absolute atomic E-state index is 0.00617. The van der Waals surface area contributed by atoms with Gasteiger partial charge in [-0.1, -0.05) is 36.4 Å². The predicted molar refractivity (Wildman–Crippen MR) is 85.9 cm³/mol. The molecule has 0 saturated heterocycles. The number of carbonyl (C=O) groups is 2. The Morgan fingerprint density at radius 3 is 2.54 bits per heavy atom. The number of hydrogen-bond acceptors (Lipinski definition) is 4. The van der Waals surface area contributed by atoms with Crippen molar-refractivity contribution < 1.29 is 23.5 Å². The molecule has 0 radical (unpaired) electrons. The first-order valence-electron chi connectivity index (χ1n) is 7.38. The second kappa shape index (κ2) is 8.67. The highest BCUT2D eigenvalue weighted by Crippen LogP contribution is 2.17. The summed E-state index contributed by atoms with van der Waals surface area (Å²) in [6.45, 7) is -0.284. The van der Waals surface area contributed by atoms with Gasteiger partial charge in [-0.25, -0.2) is 4.39 Å². The van der Waals surface area contributed by atoms with Crippen LogP contribution in [-0.2, 0) is 14.3 Å². The highest BCUT2D eigenvalue weighted by atomic mass is 19.1. The summed E-state index contributed by atoms with van der Waals surface area (Å²) in [4.78, 5) is 23.6. The van der Waals surface area contributed by atoms with Crippen LogP contribution in [0.15, 0.2) is 54.6 Å². The first kappa shape index (κ1) is 17.5. The van der Waals surface area contributed by atoms with Crippen molar-refractivity contribution in [3.05, 3.63) is 66.0 Å². The third-order valence-electron chi connectivity index (χ3n) is 3.30. The first-order chi connectivity index (χ1) is 11.6. The number of amides is 1. The molecule has 0 aliphatic heterocycles. The van der Waals surface area contributed by atoms with Gasteiger partial charge in [-0.15, -0.1) is 0 Å². The summed E-state index contributed by atoms with van der Waals surface area (Å²) in [5.74, 6) is -1.04. The van der Waals surface area contributed by atoms with E-state index in [-0.39, 0.29) is 18.8 Å². The van der Waals surface area contributed by atoms with Gasteiger partial charge in [0.25, 0.3) is 5.91 Å². The number of methoxy groups -OCH3 is 1. The maximum absolute atomic E-state index is 13.1. The quantitative estimate of drug-likeness (QED) is 0.792. The second-order valence-electron chi connectivity index (χ2n) is 5.06. The van der Waals surface area contributed by atoms with E-state index in [1.807, 2.05) is 18.2 Å². The van der Waals surface area contributed by atoms with E-state index in [4.69, 9.17) is 4.74 Å². The smallest absolute Gasteiger partial charge is 0.307 e. The molecule has 1 unspecified atom stereocenters. The predicted octanol–water partition coefficient (Wildman–Crippen LogP) is 2.63. The number of ether oxygens (including phenoxy) is 2. The SMILES string of the molecule is COC(=O)CC(NC(=O)COc1cccc(F)c1)c1ccccc1. The second-order valence-corrected chi connectivity index (χ2v) is 5.06. The summed E-state index contributed by atoms with van der Waals surface area (Å²) in [5, 5.41) is 2.72. The Balaban J connectivity index is 1.97. The molecule has 0 saturated carbocycles. The zero-order chi connectivity index (χ0) is 17.4. The highest BCUT2D eigenvalue weighted by Gasteiger charge is 2.19. The van der Waals surface area contributed by atoms with Crippen LogP contribution in [0, 0.1) is 5.82 Å². The Morgan fingerprint density at radius 2 is 1.88 bits per heavy atom. The molecule has 2 rings (SSSR count). The van der Waals surface area contributed by atoms with Crippen LogP contribution < -0.4 is 10.1 Å². The van der Waals surface area contributed by atoms with E-state index >= 15 is 0 Å². The summed E-state index contributed by atoms with van der Waals surface area (Å²) in [6, 6.07) is 14.1. The Hall–Kier alpha value is -2.89. The standard InChI is InChI=1S/C18H18FNO4/c1-23-18(22)11-16(13-6-3-2-4-7-13)20-17(21)12-24-15-9-5-8-14(19)10-15/h2-10,16H,11-12H2,1H3,(H,20,21). The molecule has 0 bridgehead atoms. The van der Waals surface area contributed by atoms with E-state index < -0.39 is 23.7 Å². The van der Waals surface area contributed by atoms with Crippen LogP contribution in [-0.4, -0.2) is 25.6 Å². The van der Waals surface area contributed by atoms with E-state index in [0.29, 0.717) is 0 Å². The molecule has 0 aliphatic carbocycles. The van der Waals surface area contributed by atoms with Gasteiger partial charge in [-0.05, 0) is 17.7 Å². The molecule has 1 atom stereocenters. The molecule has 0 spiro atoms. The van der Waals surface area contributed by atoms with Crippen molar-refractivity contribution in [1.82, 2.24) is 5.32 Å². The van der Waals surface area contributed by atoms with Crippen molar-refractivity contribution in [2.45, 2.75) is 12.5 Å². The molecule has 5 nitrogen and oxygen atoms in total. The fourth-order valence-electron chi connectivity index (χ4n) is 2.13. The van der Waals surface area contributed by atoms with E-state index in [1.165, 1.54) is 25.3 Å². The average molecular weight is 331 g/mol. The fourth-order valence-corrected chi connectivity index (χ4v) is 2.13. The lowest BCUT2D eigenvalue weighted by Gasteiger charge is -2.18. The number of carbonyl (C=O) groups excluding carboxylic acids is 2. The van der Waals surface area contributed by atoms with Crippen molar-refractivity contribution in [3.63, 3.8) is 0 Å². The van der Waals surface area contributed by atoms with Gasteiger partial charge in [-0.3, -0.25) is 9.59 Å². The van der Waals surface area contributed by atoms with Gasteiger partial charge in [0, 0.05) is 6.07 Å². The van der Waals surface area contributed by atoms with Crippen LogP contribution in [0.1, 0.15) is 18.0 Å². The van der Waals surface area contributed by atoms with Crippen LogP contribution in [0.25, 0.3) is 0 Å². The first-order valence-corrected chi connectivity index (χ1v) is 7.38. The van der Waals surface area contributed by atoms with Crippen molar-refractivity contribution in [1.29, 1.82) is 0 Å². The zero-order valence-electron chi connectivity index (χ0n) is 13.2. The molecule has 1 N–H and O–H groups in total. The number of nitrogens with one attached hydrogen (secondary N) is 1. The van der Waals surface area contributed by atoms with Crippen LogP contribution in [0.2, 0.25) is 0 Å². The van der Waals surface area contributed by atoms with Crippen LogP contribution in [0.5, 0.6) is 5.75 Å². The molecule has 0 heterocycles. The van der Waals surface area contributed by atoms with Crippen molar-refractivity contribution >= 4 is 11.9 Å². The molecule has 126 valence electrons. The van der Waals surface area contributed by atoms with Gasteiger partial charge in [-0.2, -0.15) is 0 Å². The Morgan fingerprint density at radius 1 is 1.12 bits per heavy atom. The molecular formula is C18H18FNO4. The lowest BCUT2D eigenvalue weighted by molar-refractivity contribution is -0.141. The molecule has 0 fully saturated rings. The van der Waals surface area contributed by atoms with Crippen LogP contribution >= 0.6 is 0 Å². The minimum atomic E-state index is -0.526. The number of benzene rings is 2. The third kappa shape index (κ3) is 5.39. The Labute approximate surface area is 139 Å². The van der Waals surface area contributed by atoms with Gasteiger partial charge < -0.3 is 14.8 Å². The van der Waals surface area contributed by atoms with E-state index in [0.717, 1.165) is 5.56 Å². The van der Waals surface area contributed by atoms with Crippen molar-refractivity contribution in [3.8, 4) is 5.75 Å². The molecule has 6 heteroatoms. The third-order valence-corrected chi connectivity index (χ3v) is 3.30. The van der Waals surface area contributed by atoms with Crippen molar-refractivity contribution in [2.75, 3.05) is 13.7 Å². The summed E-state index contributed by atoms with van der Waals surface area (Å²) in [7, 11) is 1.29. The molecule has 2 aromatic carbocycles. The number of hydrogen-bond donors (Lipinski definition) is 1. The topological polar surface area (TPSA) is 64.6 Å². The number of halogens is 1. The zero-order valence-corrected chi connectivity index (χ0v) is 13.2. The molecule has 2 aromatic rings. The summed E-state index contributed by atoms with van der Waals surface area (Å²) < 4.78 is 23.0. The van der Waals surface area contributed by atoms with Gasteiger partial charge in [0.05, 0.1) is 19.6 Å². The highest BCUT2D eigenvalue weighted by molar-refractivity contribution is 5.79. The fraction of sp³-hybridized carbons (Fsp3) is 0.222. The number of rotatable bonds is 7. The summed E-state index contributed by atoms with van der Waals surface area (Å²) in [6.07, 6.45) is 0.00617. The lowest BCUT2D eigenvalue weighted by atomic mass is 10.0. The maximum atomic E-state index is 13.1. The average Bonchev–Trinajstić information content (AvgIpc) is 2.60. The minimum Gasteiger partial charge on any atom is -0.484 e. The molecule has 24 heavy (non-hydrogen) atoms. The van der Waals surface area contributed by atoms with Gasteiger partial charge >= 0.3 is 5.97 Å². The largest absolute Gasteiger partial charge is 0.484 e. The van der Waals surface area contributed by atoms with Gasteiger partial charge in [0.2, 0.25) is 0 Å². The maximum Gasteiger partial charge on any atom is 0.307 e. The Bertz CT molecular complexity index is 690. The van der Waals surface area contributed by atoms with Crippen molar-refractivity contribution in [2.24, 2.45) is 0 Å². The number of esters is 1. The van der Waals surface area contributed by atoms with E-state index in [2.05, 4.69) is 10.1 Å². The molecule has 0 aromatic heterocycles. The Kier molecular flexibility index (Phi) is 6.31. The van der Waals surface area contributed by atoms with E-state index in [9.17, 15) is 14.0 Å². The molecular weight excluding hydrogens is 313 g/mol.